The molecule has 0 spiro atoms. The number of likely N-dealkylation sites (N-methyl/N-ethyl adjacent to an activating group) is 1. The predicted molar refractivity (Wildman–Crippen MR) is 78.2 cm³/mol. The van der Waals surface area contributed by atoms with Crippen LogP contribution < -0.4 is 10.6 Å². The lowest BCUT2D eigenvalue weighted by atomic mass is 10.0. The highest BCUT2D eigenvalue weighted by Gasteiger charge is 2.20. The van der Waals surface area contributed by atoms with Crippen LogP contribution in [-0.4, -0.2) is 29.4 Å². The average Bonchev–Trinajstić information content (AvgIpc) is 2.80. The molecule has 0 fully saturated rings. The molecule has 112 valence electrons. The number of rotatable bonds is 5. The van der Waals surface area contributed by atoms with Crippen LogP contribution in [0.15, 0.2) is 24.4 Å². The Hall–Kier alpha value is -2.37. The first-order valence-electron chi connectivity index (χ1n) is 6.81. The molecule has 5 nitrogen and oxygen atoms in total. The van der Waals surface area contributed by atoms with Crippen LogP contribution in [0.1, 0.15) is 19.4 Å². The van der Waals surface area contributed by atoms with Crippen molar-refractivity contribution in [3.05, 3.63) is 35.8 Å². The quantitative estimate of drug-likeness (QED) is 0.781. The Morgan fingerprint density at radius 3 is 2.81 bits per heavy atom. The summed E-state index contributed by atoms with van der Waals surface area (Å²) in [6.07, 6.45) is 2.03. The molecule has 3 N–H and O–H groups in total. The molecule has 1 atom stereocenters. The number of nitrogens with one attached hydrogen (secondary N) is 3. The molecule has 0 aliphatic carbocycles. The van der Waals surface area contributed by atoms with E-state index in [-0.39, 0.29) is 17.6 Å². The molecule has 0 unspecified atom stereocenters. The van der Waals surface area contributed by atoms with E-state index in [9.17, 15) is 14.0 Å². The van der Waals surface area contributed by atoms with Crippen LogP contribution in [0.2, 0.25) is 0 Å². The van der Waals surface area contributed by atoms with Gasteiger partial charge in [0.15, 0.2) is 0 Å². The molecule has 2 amide bonds. The number of H-pyrrole nitrogens is 1. The molecule has 0 bridgehead atoms. The minimum atomic E-state index is -0.676. The van der Waals surface area contributed by atoms with Gasteiger partial charge < -0.3 is 15.6 Å². The summed E-state index contributed by atoms with van der Waals surface area (Å²) in [4.78, 5) is 26.3. The first kappa shape index (κ1) is 15.0. The summed E-state index contributed by atoms with van der Waals surface area (Å²) in [6.45, 7) is 3.66. The van der Waals surface area contributed by atoms with Crippen LogP contribution in [-0.2, 0) is 16.0 Å². The number of fused-ring (bicyclic) bond motifs is 1. The number of aromatic amines is 1. The number of carbonyl (C=O) groups is 2. The zero-order valence-corrected chi connectivity index (χ0v) is 12.0. The third kappa shape index (κ3) is 3.59. The Morgan fingerprint density at radius 1 is 1.38 bits per heavy atom. The summed E-state index contributed by atoms with van der Waals surface area (Å²) in [6, 6.07) is 3.76. The highest BCUT2D eigenvalue weighted by atomic mass is 19.1. The minimum Gasteiger partial charge on any atom is -0.361 e. The molecule has 21 heavy (non-hydrogen) atoms. The summed E-state index contributed by atoms with van der Waals surface area (Å²) >= 11 is 0. The van der Waals surface area contributed by atoms with E-state index in [1.807, 2.05) is 6.92 Å². The van der Waals surface area contributed by atoms with E-state index in [1.54, 1.807) is 12.3 Å². The number of hydrogen-bond donors (Lipinski definition) is 3. The molecule has 1 heterocycles. The second kappa shape index (κ2) is 6.39. The van der Waals surface area contributed by atoms with E-state index >= 15 is 0 Å². The average molecular weight is 291 g/mol. The highest BCUT2D eigenvalue weighted by Crippen LogP contribution is 2.20. The van der Waals surface area contributed by atoms with Crippen LogP contribution in [0.3, 0.4) is 0 Å². The topological polar surface area (TPSA) is 74.0 Å². The molecule has 0 aliphatic rings. The molecule has 2 rings (SSSR count). The highest BCUT2D eigenvalue weighted by molar-refractivity contribution is 5.89. The normalized spacial score (nSPS) is 12.1. The second-order valence-corrected chi connectivity index (χ2v) is 4.86. The van der Waals surface area contributed by atoms with Gasteiger partial charge in [-0.3, -0.25) is 9.59 Å². The number of benzene rings is 1. The van der Waals surface area contributed by atoms with Gasteiger partial charge in [0.25, 0.3) is 0 Å². The Bertz CT molecular complexity index is 666. The van der Waals surface area contributed by atoms with Crippen LogP contribution in [0.25, 0.3) is 10.9 Å². The van der Waals surface area contributed by atoms with Crippen molar-refractivity contribution in [2.45, 2.75) is 26.3 Å². The fraction of sp³-hybridized carbons (Fsp3) is 0.333. The minimum absolute atomic E-state index is 0.251. The van der Waals surface area contributed by atoms with Crippen LogP contribution >= 0.6 is 0 Å². The van der Waals surface area contributed by atoms with Crippen molar-refractivity contribution in [1.82, 2.24) is 15.6 Å². The summed E-state index contributed by atoms with van der Waals surface area (Å²) in [5.41, 5.74) is 1.58. The number of carbonyl (C=O) groups excluding carboxylic acids is 2. The zero-order chi connectivity index (χ0) is 15.4. The van der Waals surface area contributed by atoms with E-state index < -0.39 is 6.04 Å². The number of amides is 2. The van der Waals surface area contributed by atoms with Crippen LogP contribution in [0.4, 0.5) is 4.39 Å². The van der Waals surface area contributed by atoms with Crippen molar-refractivity contribution >= 4 is 22.7 Å². The maximum atomic E-state index is 13.4. The van der Waals surface area contributed by atoms with Gasteiger partial charge in [0.2, 0.25) is 11.8 Å². The maximum Gasteiger partial charge on any atom is 0.242 e. The molecule has 6 heteroatoms. The lowest BCUT2D eigenvalue weighted by Gasteiger charge is -2.16. The van der Waals surface area contributed by atoms with Crippen molar-refractivity contribution < 1.29 is 14.0 Å². The van der Waals surface area contributed by atoms with Gasteiger partial charge in [-0.25, -0.2) is 4.39 Å². The Labute approximate surface area is 121 Å². The van der Waals surface area contributed by atoms with Gasteiger partial charge in [0.05, 0.1) is 0 Å². The number of halogens is 1. The molecule has 1 aromatic carbocycles. The third-order valence-electron chi connectivity index (χ3n) is 3.20. The van der Waals surface area contributed by atoms with E-state index in [0.29, 0.717) is 13.0 Å². The van der Waals surface area contributed by atoms with Gasteiger partial charge in [-0.15, -0.1) is 0 Å². The molecular weight excluding hydrogens is 273 g/mol. The first-order valence-corrected chi connectivity index (χ1v) is 6.81. The monoisotopic (exact) mass is 291 g/mol. The van der Waals surface area contributed by atoms with Crippen LogP contribution in [0, 0.1) is 5.82 Å². The predicted octanol–water partition coefficient (Wildman–Crippen LogP) is 1.49. The van der Waals surface area contributed by atoms with Crippen molar-refractivity contribution in [3.63, 3.8) is 0 Å². The Balaban J connectivity index is 2.27. The Morgan fingerprint density at radius 2 is 2.14 bits per heavy atom. The standard InChI is InChI=1S/C15H18FN3O2/c1-3-17-15(21)14(19-9(2)20)6-10-8-18-13-5-4-11(16)7-12(10)13/h4-5,7-8,14,18H,3,6H2,1-2H3,(H,17,21)(H,19,20)/t14-/m0/s1. The smallest absolute Gasteiger partial charge is 0.242 e. The summed E-state index contributed by atoms with van der Waals surface area (Å²) < 4.78 is 13.4. The number of aromatic nitrogens is 1. The summed E-state index contributed by atoms with van der Waals surface area (Å²) in [5.74, 6) is -0.867. The summed E-state index contributed by atoms with van der Waals surface area (Å²) in [7, 11) is 0. The summed E-state index contributed by atoms with van der Waals surface area (Å²) in [5, 5.41) is 6.03. The molecule has 0 radical (unpaired) electrons. The van der Waals surface area contributed by atoms with Gasteiger partial charge in [0, 0.05) is 37.0 Å². The van der Waals surface area contributed by atoms with Gasteiger partial charge in [0.1, 0.15) is 11.9 Å². The van der Waals surface area contributed by atoms with Gasteiger partial charge in [-0.2, -0.15) is 0 Å². The van der Waals surface area contributed by atoms with Crippen LogP contribution in [0.5, 0.6) is 0 Å². The van der Waals surface area contributed by atoms with Crippen molar-refractivity contribution in [2.75, 3.05) is 6.54 Å². The maximum absolute atomic E-state index is 13.4. The van der Waals surface area contributed by atoms with Crippen molar-refractivity contribution in [3.8, 4) is 0 Å². The number of hydrogen-bond acceptors (Lipinski definition) is 2. The van der Waals surface area contributed by atoms with E-state index in [2.05, 4.69) is 15.6 Å². The van der Waals surface area contributed by atoms with Gasteiger partial charge in [-0.1, -0.05) is 0 Å². The molecule has 0 saturated heterocycles. The van der Waals surface area contributed by atoms with Gasteiger partial charge in [-0.05, 0) is 30.7 Å². The lowest BCUT2D eigenvalue weighted by molar-refractivity contribution is -0.128. The zero-order valence-electron chi connectivity index (χ0n) is 12.0. The second-order valence-electron chi connectivity index (χ2n) is 4.86. The fourth-order valence-electron chi connectivity index (χ4n) is 2.29. The molecule has 0 saturated carbocycles. The SMILES string of the molecule is CCNC(=O)[C@H](Cc1c[nH]c2ccc(F)cc12)NC(C)=O. The molecule has 1 aromatic heterocycles. The van der Waals surface area contributed by atoms with Crippen molar-refractivity contribution in [1.29, 1.82) is 0 Å². The fourth-order valence-corrected chi connectivity index (χ4v) is 2.29. The van der Waals surface area contributed by atoms with Gasteiger partial charge >= 0.3 is 0 Å². The molecule has 2 aromatic rings. The third-order valence-corrected chi connectivity index (χ3v) is 3.20. The Kier molecular flexibility index (Phi) is 4.57. The van der Waals surface area contributed by atoms with Crippen molar-refractivity contribution in [2.24, 2.45) is 0 Å². The lowest BCUT2D eigenvalue weighted by Crippen LogP contribution is -2.47. The molecule has 0 aliphatic heterocycles. The largest absolute Gasteiger partial charge is 0.361 e. The first-order chi connectivity index (χ1) is 10.0. The van der Waals surface area contributed by atoms with E-state index in [0.717, 1.165) is 16.5 Å². The van der Waals surface area contributed by atoms with E-state index in [1.165, 1.54) is 19.1 Å². The molecular formula is C15H18FN3O2. The van der Waals surface area contributed by atoms with E-state index in [4.69, 9.17) is 0 Å².